The molecule has 1 amide bonds. The maximum Gasteiger partial charge on any atom is 0.254 e. The van der Waals surface area contributed by atoms with Gasteiger partial charge in [0.25, 0.3) is 5.91 Å². The van der Waals surface area contributed by atoms with Crippen LogP contribution in [-0.2, 0) is 0 Å². The Morgan fingerprint density at radius 2 is 2.00 bits per heavy atom. The zero-order valence-electron chi connectivity index (χ0n) is 12.2. The van der Waals surface area contributed by atoms with E-state index in [1.807, 2.05) is 26.0 Å². The van der Waals surface area contributed by atoms with Gasteiger partial charge in [0.15, 0.2) is 0 Å². The van der Waals surface area contributed by atoms with Crippen molar-refractivity contribution in [1.82, 2.24) is 15.3 Å². The summed E-state index contributed by atoms with van der Waals surface area (Å²) in [4.78, 5) is 20.0. The minimum absolute atomic E-state index is 0.215. The molecule has 2 rings (SSSR count). The highest BCUT2D eigenvalue weighted by molar-refractivity contribution is 5.93. The Hall–Kier alpha value is -2.69. The number of hydrogen-bond donors (Lipinski definition) is 2. The molecule has 0 aliphatic carbocycles. The number of rotatable bonds is 5. The zero-order chi connectivity index (χ0) is 15.2. The summed E-state index contributed by atoms with van der Waals surface area (Å²) in [6.07, 6.45) is 4.62. The van der Waals surface area contributed by atoms with Gasteiger partial charge in [0.2, 0.25) is 5.95 Å². The van der Waals surface area contributed by atoms with Crippen LogP contribution in [0.15, 0.2) is 43.2 Å². The smallest absolute Gasteiger partial charge is 0.254 e. The fourth-order valence-corrected chi connectivity index (χ4v) is 1.77. The van der Waals surface area contributed by atoms with Gasteiger partial charge in [-0.1, -0.05) is 18.2 Å². The summed E-state index contributed by atoms with van der Waals surface area (Å²) < 4.78 is 0. The van der Waals surface area contributed by atoms with E-state index in [1.54, 1.807) is 6.08 Å². The lowest BCUT2D eigenvalue weighted by atomic mass is 10.1. The van der Waals surface area contributed by atoms with E-state index in [1.165, 1.54) is 12.4 Å². The predicted octanol–water partition coefficient (Wildman–Crippen LogP) is 2.75. The van der Waals surface area contributed by atoms with Crippen molar-refractivity contribution < 1.29 is 4.79 Å². The molecule has 5 heteroatoms. The SMILES string of the molecule is C=CCNC(=O)c1cnc(Nc2cc(C)ccc2C)nc1. The lowest BCUT2D eigenvalue weighted by molar-refractivity contribution is 0.0957. The molecule has 1 heterocycles. The van der Waals surface area contributed by atoms with E-state index in [2.05, 4.69) is 33.2 Å². The summed E-state index contributed by atoms with van der Waals surface area (Å²) in [6.45, 7) is 8.00. The fourth-order valence-electron chi connectivity index (χ4n) is 1.77. The molecular weight excluding hydrogens is 264 g/mol. The van der Waals surface area contributed by atoms with Gasteiger partial charge in [0, 0.05) is 24.6 Å². The molecule has 0 radical (unpaired) electrons. The number of benzene rings is 1. The van der Waals surface area contributed by atoms with Crippen LogP contribution in [0.5, 0.6) is 0 Å². The number of nitrogens with zero attached hydrogens (tertiary/aromatic N) is 2. The Balaban J connectivity index is 2.10. The van der Waals surface area contributed by atoms with Crippen molar-refractivity contribution in [3.63, 3.8) is 0 Å². The molecule has 2 N–H and O–H groups in total. The van der Waals surface area contributed by atoms with Gasteiger partial charge in [0.1, 0.15) is 0 Å². The van der Waals surface area contributed by atoms with E-state index < -0.39 is 0 Å². The molecule has 0 aliphatic heterocycles. The normalized spacial score (nSPS) is 10.0. The average Bonchev–Trinajstić information content (AvgIpc) is 2.49. The fraction of sp³-hybridized carbons (Fsp3) is 0.188. The standard InChI is InChI=1S/C16H18N4O/c1-4-7-17-15(21)13-9-18-16(19-10-13)20-14-8-11(2)5-6-12(14)3/h4-6,8-10H,1,7H2,2-3H3,(H,17,21)(H,18,19,20). The summed E-state index contributed by atoms with van der Waals surface area (Å²) in [5.41, 5.74) is 3.64. The topological polar surface area (TPSA) is 66.9 Å². The number of amides is 1. The average molecular weight is 282 g/mol. The first kappa shape index (κ1) is 14.7. The predicted molar refractivity (Wildman–Crippen MR) is 83.8 cm³/mol. The van der Waals surface area contributed by atoms with Gasteiger partial charge in [-0.2, -0.15) is 0 Å². The van der Waals surface area contributed by atoms with E-state index in [4.69, 9.17) is 0 Å². The first-order valence-electron chi connectivity index (χ1n) is 6.65. The minimum Gasteiger partial charge on any atom is -0.348 e. The first-order chi connectivity index (χ1) is 10.1. The van der Waals surface area contributed by atoms with Gasteiger partial charge in [0.05, 0.1) is 5.56 Å². The molecule has 1 aromatic heterocycles. The Bertz CT molecular complexity index is 650. The molecule has 0 saturated heterocycles. The number of nitrogens with one attached hydrogen (secondary N) is 2. The van der Waals surface area contributed by atoms with Gasteiger partial charge >= 0.3 is 0 Å². The van der Waals surface area contributed by atoms with Crippen LogP contribution in [0.4, 0.5) is 11.6 Å². The second-order valence-electron chi connectivity index (χ2n) is 4.74. The van der Waals surface area contributed by atoms with E-state index in [0.717, 1.165) is 16.8 Å². The van der Waals surface area contributed by atoms with Crippen molar-refractivity contribution in [3.05, 3.63) is 59.9 Å². The molecular formula is C16H18N4O. The summed E-state index contributed by atoms with van der Waals surface area (Å²) in [5.74, 6) is 0.247. The molecule has 0 spiro atoms. The molecule has 0 saturated carbocycles. The van der Waals surface area contributed by atoms with E-state index in [0.29, 0.717) is 18.1 Å². The number of anilines is 2. The lowest BCUT2D eigenvalue weighted by Gasteiger charge is -2.09. The van der Waals surface area contributed by atoms with Crippen LogP contribution in [0, 0.1) is 13.8 Å². The summed E-state index contributed by atoms with van der Waals surface area (Å²) in [7, 11) is 0. The first-order valence-corrected chi connectivity index (χ1v) is 6.65. The van der Waals surface area contributed by atoms with Crippen molar-refractivity contribution in [3.8, 4) is 0 Å². The summed E-state index contributed by atoms with van der Waals surface area (Å²) in [6, 6.07) is 6.12. The van der Waals surface area contributed by atoms with E-state index in [-0.39, 0.29) is 5.91 Å². The third kappa shape index (κ3) is 3.89. The number of carbonyl (C=O) groups excluding carboxylic acids is 1. The van der Waals surface area contributed by atoms with Crippen LogP contribution in [0.25, 0.3) is 0 Å². The van der Waals surface area contributed by atoms with Gasteiger partial charge < -0.3 is 10.6 Å². The zero-order valence-corrected chi connectivity index (χ0v) is 12.2. The molecule has 1 aromatic carbocycles. The highest BCUT2D eigenvalue weighted by Crippen LogP contribution is 2.19. The third-order valence-electron chi connectivity index (χ3n) is 2.96. The van der Waals surface area contributed by atoms with Crippen molar-refractivity contribution in [2.24, 2.45) is 0 Å². The number of carbonyl (C=O) groups is 1. The van der Waals surface area contributed by atoms with Gasteiger partial charge in [-0.05, 0) is 31.0 Å². The summed E-state index contributed by atoms with van der Waals surface area (Å²) >= 11 is 0. The molecule has 21 heavy (non-hydrogen) atoms. The van der Waals surface area contributed by atoms with Gasteiger partial charge in [-0.15, -0.1) is 6.58 Å². The molecule has 0 fully saturated rings. The third-order valence-corrected chi connectivity index (χ3v) is 2.96. The van der Waals surface area contributed by atoms with E-state index >= 15 is 0 Å². The Labute approximate surface area is 124 Å². The Morgan fingerprint density at radius 1 is 1.29 bits per heavy atom. The monoisotopic (exact) mass is 282 g/mol. The Morgan fingerprint density at radius 3 is 2.67 bits per heavy atom. The van der Waals surface area contributed by atoms with Crippen LogP contribution in [0.1, 0.15) is 21.5 Å². The quantitative estimate of drug-likeness (QED) is 0.827. The maximum atomic E-state index is 11.7. The van der Waals surface area contributed by atoms with Crippen LogP contribution >= 0.6 is 0 Å². The second-order valence-corrected chi connectivity index (χ2v) is 4.74. The number of aromatic nitrogens is 2. The molecule has 5 nitrogen and oxygen atoms in total. The molecule has 0 bridgehead atoms. The van der Waals surface area contributed by atoms with Crippen molar-refractivity contribution >= 4 is 17.5 Å². The number of aryl methyl sites for hydroxylation is 2. The lowest BCUT2D eigenvalue weighted by Crippen LogP contribution is -2.23. The molecule has 108 valence electrons. The Kier molecular flexibility index (Phi) is 4.66. The van der Waals surface area contributed by atoms with Gasteiger partial charge in [-0.25, -0.2) is 9.97 Å². The van der Waals surface area contributed by atoms with Crippen molar-refractivity contribution in [2.45, 2.75) is 13.8 Å². The summed E-state index contributed by atoms with van der Waals surface area (Å²) in [5, 5.41) is 5.83. The van der Waals surface area contributed by atoms with Crippen molar-refractivity contribution in [1.29, 1.82) is 0 Å². The van der Waals surface area contributed by atoms with E-state index in [9.17, 15) is 4.79 Å². The maximum absolute atomic E-state index is 11.7. The van der Waals surface area contributed by atoms with Gasteiger partial charge in [-0.3, -0.25) is 4.79 Å². The molecule has 2 aromatic rings. The largest absolute Gasteiger partial charge is 0.348 e. The molecule has 0 aliphatic rings. The number of hydrogen-bond acceptors (Lipinski definition) is 4. The molecule has 0 unspecified atom stereocenters. The second kappa shape index (κ2) is 6.65. The highest BCUT2D eigenvalue weighted by Gasteiger charge is 2.06. The van der Waals surface area contributed by atoms with Crippen LogP contribution in [0.2, 0.25) is 0 Å². The highest BCUT2D eigenvalue weighted by atomic mass is 16.1. The van der Waals surface area contributed by atoms with Crippen LogP contribution < -0.4 is 10.6 Å². The van der Waals surface area contributed by atoms with Crippen LogP contribution in [0.3, 0.4) is 0 Å². The molecule has 0 atom stereocenters. The minimum atomic E-state index is -0.215. The van der Waals surface area contributed by atoms with Crippen LogP contribution in [-0.4, -0.2) is 22.4 Å². The van der Waals surface area contributed by atoms with Crippen molar-refractivity contribution in [2.75, 3.05) is 11.9 Å².